The number of hydrogen-bond acceptors (Lipinski definition) is 4. The average Bonchev–Trinajstić information content (AvgIpc) is 2.78. The van der Waals surface area contributed by atoms with Gasteiger partial charge >= 0.3 is 6.03 Å². The Hall–Kier alpha value is -1.63. The lowest BCUT2D eigenvalue weighted by molar-refractivity contribution is -0.135. The van der Waals surface area contributed by atoms with Crippen LogP contribution in [-0.2, 0) is 9.59 Å². The molecule has 2 rings (SSSR count). The second-order valence-electron chi connectivity index (χ2n) is 10.4. The maximum atomic E-state index is 13.7. The van der Waals surface area contributed by atoms with Crippen molar-refractivity contribution in [2.45, 2.75) is 73.0 Å². The Labute approximate surface area is 156 Å². The van der Waals surface area contributed by atoms with Gasteiger partial charge in [0.05, 0.1) is 11.5 Å². The fourth-order valence-electron chi connectivity index (χ4n) is 4.67. The van der Waals surface area contributed by atoms with Crippen molar-refractivity contribution in [2.75, 3.05) is 6.54 Å². The summed E-state index contributed by atoms with van der Waals surface area (Å²) in [6, 6.07) is -1.82. The molecular formula is C19H34N4O3. The maximum Gasteiger partial charge on any atom is 0.315 e. The molecule has 2 aliphatic rings. The molecule has 4 atom stereocenters. The number of nitrogens with two attached hydrogens (primary N) is 1. The summed E-state index contributed by atoms with van der Waals surface area (Å²) in [4.78, 5) is 38.2. The number of carbonyl (C=O) groups is 3. The van der Waals surface area contributed by atoms with Gasteiger partial charge in [0.1, 0.15) is 6.04 Å². The van der Waals surface area contributed by atoms with Gasteiger partial charge in [0.2, 0.25) is 5.91 Å². The molecule has 0 aromatic carbocycles. The summed E-state index contributed by atoms with van der Waals surface area (Å²) >= 11 is 0. The van der Waals surface area contributed by atoms with Crippen LogP contribution in [0.25, 0.3) is 0 Å². The molecule has 1 saturated carbocycles. The summed E-state index contributed by atoms with van der Waals surface area (Å²) in [7, 11) is 0. The normalized spacial score (nSPS) is 30.9. The Kier molecular flexibility index (Phi) is 4.72. The molecule has 26 heavy (non-hydrogen) atoms. The first kappa shape index (κ1) is 20.7. The van der Waals surface area contributed by atoms with E-state index in [0.29, 0.717) is 6.54 Å². The standard InChI is InChI=1S/C19H34N4O3/c1-16(2,3)11(22-15(26)23-17(4,5)6)13(24)19-10(18(19,7)8)9-21-12(19)14(20)25/h10-12,21H,9H2,1-8H3,(H2,20,25)(H2,22,23,26)/t10?,11?,12-,19?/m1/s1. The van der Waals surface area contributed by atoms with Gasteiger partial charge in [-0.15, -0.1) is 0 Å². The molecule has 1 aliphatic heterocycles. The van der Waals surface area contributed by atoms with Crippen LogP contribution < -0.4 is 21.7 Å². The zero-order valence-electron chi connectivity index (χ0n) is 17.2. The minimum atomic E-state index is -0.869. The molecule has 1 aliphatic carbocycles. The van der Waals surface area contributed by atoms with Crippen LogP contribution in [0.1, 0.15) is 55.4 Å². The van der Waals surface area contributed by atoms with Crippen LogP contribution in [-0.4, -0.2) is 41.9 Å². The lowest BCUT2D eigenvalue weighted by atomic mass is 9.74. The fraction of sp³-hybridized carbons (Fsp3) is 0.842. The molecule has 3 amide bonds. The highest BCUT2D eigenvalue weighted by Gasteiger charge is 2.82. The van der Waals surface area contributed by atoms with Crippen LogP contribution in [0.5, 0.6) is 0 Å². The van der Waals surface area contributed by atoms with Crippen molar-refractivity contribution in [3.63, 3.8) is 0 Å². The van der Waals surface area contributed by atoms with Crippen molar-refractivity contribution in [1.29, 1.82) is 0 Å². The van der Waals surface area contributed by atoms with E-state index in [2.05, 4.69) is 16.0 Å². The number of primary amides is 1. The van der Waals surface area contributed by atoms with Gasteiger partial charge in [0.15, 0.2) is 5.78 Å². The predicted octanol–water partition coefficient (Wildman–Crippen LogP) is 1.17. The lowest BCUT2D eigenvalue weighted by Crippen LogP contribution is -2.60. The van der Waals surface area contributed by atoms with Gasteiger partial charge in [-0.05, 0) is 37.5 Å². The molecule has 0 bridgehead atoms. The number of urea groups is 1. The molecule has 148 valence electrons. The van der Waals surface area contributed by atoms with E-state index >= 15 is 0 Å². The molecule has 0 aromatic rings. The molecular weight excluding hydrogens is 332 g/mol. The summed E-state index contributed by atoms with van der Waals surface area (Å²) in [5.74, 6) is -0.589. The molecule has 1 heterocycles. The smallest absolute Gasteiger partial charge is 0.315 e. The molecule has 7 heteroatoms. The summed E-state index contributed by atoms with van der Waals surface area (Å²) in [5, 5.41) is 8.81. The zero-order chi connectivity index (χ0) is 20.3. The van der Waals surface area contributed by atoms with Crippen LogP contribution in [0.15, 0.2) is 0 Å². The number of amides is 3. The Morgan fingerprint density at radius 2 is 1.65 bits per heavy atom. The molecule has 2 fully saturated rings. The number of ketones is 1. The molecule has 7 nitrogen and oxygen atoms in total. The predicted molar refractivity (Wildman–Crippen MR) is 100 cm³/mol. The van der Waals surface area contributed by atoms with Gasteiger partial charge < -0.3 is 21.7 Å². The van der Waals surface area contributed by atoms with Crippen molar-refractivity contribution in [2.24, 2.45) is 27.9 Å². The molecule has 5 N–H and O–H groups in total. The fourth-order valence-corrected chi connectivity index (χ4v) is 4.67. The third kappa shape index (κ3) is 3.10. The number of hydrogen-bond donors (Lipinski definition) is 4. The highest BCUT2D eigenvalue weighted by atomic mass is 16.2. The minimum Gasteiger partial charge on any atom is -0.368 e. The van der Waals surface area contributed by atoms with E-state index < -0.39 is 40.4 Å². The minimum absolute atomic E-state index is 0.0392. The quantitative estimate of drug-likeness (QED) is 0.598. The van der Waals surface area contributed by atoms with Crippen molar-refractivity contribution in [3.8, 4) is 0 Å². The number of piperidine rings is 1. The summed E-state index contributed by atoms with van der Waals surface area (Å²) in [6.07, 6.45) is 0. The second kappa shape index (κ2) is 5.94. The Morgan fingerprint density at radius 3 is 2.04 bits per heavy atom. The Morgan fingerprint density at radius 1 is 1.12 bits per heavy atom. The maximum absolute atomic E-state index is 13.7. The van der Waals surface area contributed by atoms with Crippen LogP contribution >= 0.6 is 0 Å². The number of nitrogens with one attached hydrogen (secondary N) is 3. The van der Waals surface area contributed by atoms with E-state index in [0.717, 1.165) is 0 Å². The average molecular weight is 367 g/mol. The van der Waals surface area contributed by atoms with Gasteiger partial charge in [0.25, 0.3) is 0 Å². The van der Waals surface area contributed by atoms with Crippen LogP contribution in [0.2, 0.25) is 0 Å². The molecule has 1 saturated heterocycles. The van der Waals surface area contributed by atoms with E-state index in [9.17, 15) is 14.4 Å². The van der Waals surface area contributed by atoms with E-state index in [4.69, 9.17) is 5.73 Å². The molecule has 0 spiro atoms. The van der Waals surface area contributed by atoms with E-state index in [1.165, 1.54) is 0 Å². The number of carbonyl (C=O) groups excluding carboxylic acids is 3. The topological polar surface area (TPSA) is 113 Å². The number of rotatable bonds is 4. The largest absolute Gasteiger partial charge is 0.368 e. The van der Waals surface area contributed by atoms with Gasteiger partial charge in [-0.1, -0.05) is 34.6 Å². The van der Waals surface area contributed by atoms with Gasteiger partial charge in [-0.2, -0.15) is 0 Å². The Balaban J connectivity index is 2.36. The van der Waals surface area contributed by atoms with Gasteiger partial charge in [-0.25, -0.2) is 4.79 Å². The summed E-state index contributed by atoms with van der Waals surface area (Å²) in [6.45, 7) is 16.0. The molecule has 0 aromatic heterocycles. The Bertz CT molecular complexity index is 630. The van der Waals surface area contributed by atoms with Crippen molar-refractivity contribution < 1.29 is 14.4 Å². The second-order valence-corrected chi connectivity index (χ2v) is 10.4. The van der Waals surface area contributed by atoms with Gasteiger partial charge in [0, 0.05) is 12.1 Å². The summed E-state index contributed by atoms with van der Waals surface area (Å²) in [5.41, 5.74) is 3.48. The highest BCUT2D eigenvalue weighted by molar-refractivity contribution is 6.02. The third-order valence-electron chi connectivity index (χ3n) is 5.97. The van der Waals surface area contributed by atoms with Crippen molar-refractivity contribution >= 4 is 17.7 Å². The van der Waals surface area contributed by atoms with E-state index in [-0.39, 0.29) is 17.1 Å². The SMILES string of the molecule is CC(C)(C)NC(=O)NC(C(=O)C12C(CN[C@@H]1C(N)=O)C2(C)C)C(C)(C)C. The van der Waals surface area contributed by atoms with Gasteiger partial charge in [-0.3, -0.25) is 9.59 Å². The first-order chi connectivity index (χ1) is 11.6. The van der Waals surface area contributed by atoms with Crippen LogP contribution in [0.4, 0.5) is 4.79 Å². The van der Waals surface area contributed by atoms with Crippen molar-refractivity contribution in [1.82, 2.24) is 16.0 Å². The third-order valence-corrected chi connectivity index (χ3v) is 5.97. The van der Waals surface area contributed by atoms with Crippen molar-refractivity contribution in [3.05, 3.63) is 0 Å². The zero-order valence-corrected chi connectivity index (χ0v) is 17.2. The van der Waals surface area contributed by atoms with E-state index in [1.807, 2.05) is 55.4 Å². The van der Waals surface area contributed by atoms with Crippen LogP contribution in [0, 0.1) is 22.2 Å². The van der Waals surface area contributed by atoms with Crippen LogP contribution in [0.3, 0.4) is 0 Å². The molecule has 0 radical (unpaired) electrons. The lowest BCUT2D eigenvalue weighted by Gasteiger charge is -2.36. The first-order valence-electron chi connectivity index (χ1n) is 9.22. The first-order valence-corrected chi connectivity index (χ1v) is 9.22. The highest BCUT2D eigenvalue weighted by Crippen LogP contribution is 2.73. The van der Waals surface area contributed by atoms with E-state index in [1.54, 1.807) is 0 Å². The molecule has 3 unspecified atom stereocenters. The number of fused-ring (bicyclic) bond motifs is 1. The number of Topliss-reactive ketones (excluding diaryl/α,β-unsaturated/α-hetero) is 1. The monoisotopic (exact) mass is 366 g/mol. The summed E-state index contributed by atoms with van der Waals surface area (Å²) < 4.78 is 0.